The lowest BCUT2D eigenvalue weighted by atomic mass is 10.2. The number of nitrogens with zero attached hydrogens (tertiary/aromatic N) is 3. The Morgan fingerprint density at radius 2 is 1.82 bits per heavy atom. The van der Waals surface area contributed by atoms with Crippen molar-refractivity contribution in [1.82, 2.24) is 14.9 Å². The summed E-state index contributed by atoms with van der Waals surface area (Å²) >= 11 is 1.22. The van der Waals surface area contributed by atoms with Gasteiger partial charge < -0.3 is 20.6 Å². The van der Waals surface area contributed by atoms with E-state index in [0.29, 0.717) is 22.4 Å². The van der Waals surface area contributed by atoms with E-state index in [4.69, 9.17) is 15.3 Å². The van der Waals surface area contributed by atoms with Crippen molar-refractivity contribution in [3.8, 4) is 22.9 Å². The van der Waals surface area contributed by atoms with Crippen molar-refractivity contribution in [3.05, 3.63) is 48.5 Å². The van der Waals surface area contributed by atoms with Gasteiger partial charge in [-0.25, -0.2) is 4.68 Å². The summed E-state index contributed by atoms with van der Waals surface area (Å²) < 4.78 is 11.8. The molecule has 1 atom stereocenters. The minimum absolute atomic E-state index is 0.191. The van der Waals surface area contributed by atoms with Crippen LogP contribution >= 0.6 is 11.8 Å². The zero-order valence-corrected chi connectivity index (χ0v) is 16.6. The third-order valence-electron chi connectivity index (χ3n) is 4.03. The van der Waals surface area contributed by atoms with E-state index in [2.05, 4.69) is 15.5 Å². The number of methoxy groups -OCH3 is 2. The number of nitrogens with one attached hydrogen (secondary N) is 1. The van der Waals surface area contributed by atoms with Crippen LogP contribution < -0.4 is 20.6 Å². The molecule has 0 aliphatic rings. The first-order valence-corrected chi connectivity index (χ1v) is 9.37. The molecule has 0 radical (unpaired) electrons. The van der Waals surface area contributed by atoms with Crippen LogP contribution in [0, 0.1) is 0 Å². The van der Waals surface area contributed by atoms with Crippen molar-refractivity contribution in [3.63, 3.8) is 0 Å². The first kappa shape index (κ1) is 19.6. The Kier molecular flexibility index (Phi) is 6.05. The molecule has 3 N–H and O–H groups in total. The fourth-order valence-electron chi connectivity index (χ4n) is 2.49. The number of carbonyl (C=O) groups excluding carboxylic acids is 1. The highest BCUT2D eigenvalue weighted by Crippen LogP contribution is 2.28. The number of nitrogen functional groups attached to an aromatic ring is 1. The van der Waals surface area contributed by atoms with Crippen LogP contribution in [0.25, 0.3) is 11.4 Å². The average Bonchev–Trinajstić information content (AvgIpc) is 3.08. The van der Waals surface area contributed by atoms with E-state index >= 15 is 0 Å². The number of aromatic nitrogens is 3. The molecule has 0 fully saturated rings. The summed E-state index contributed by atoms with van der Waals surface area (Å²) in [6, 6.07) is 14.6. The van der Waals surface area contributed by atoms with E-state index in [0.717, 1.165) is 11.3 Å². The highest BCUT2D eigenvalue weighted by atomic mass is 32.2. The van der Waals surface area contributed by atoms with E-state index in [1.807, 2.05) is 36.4 Å². The third-order valence-corrected chi connectivity index (χ3v) is 5.09. The number of anilines is 1. The highest BCUT2D eigenvalue weighted by Gasteiger charge is 2.21. The number of hydrogen-bond acceptors (Lipinski definition) is 7. The molecule has 8 nitrogen and oxygen atoms in total. The average molecular weight is 399 g/mol. The molecule has 3 rings (SSSR count). The number of hydrogen-bond donors (Lipinski definition) is 2. The summed E-state index contributed by atoms with van der Waals surface area (Å²) in [7, 11) is 3.16. The number of ether oxygens (including phenoxy) is 2. The Balaban J connectivity index is 1.71. The summed E-state index contributed by atoms with van der Waals surface area (Å²) in [4.78, 5) is 12.5. The van der Waals surface area contributed by atoms with Gasteiger partial charge in [0.2, 0.25) is 11.1 Å². The lowest BCUT2D eigenvalue weighted by molar-refractivity contribution is -0.115. The van der Waals surface area contributed by atoms with Gasteiger partial charge in [-0.2, -0.15) is 0 Å². The van der Waals surface area contributed by atoms with E-state index in [-0.39, 0.29) is 5.91 Å². The predicted octanol–water partition coefficient (Wildman–Crippen LogP) is 2.80. The summed E-state index contributed by atoms with van der Waals surface area (Å²) in [6.07, 6.45) is 0. The number of carbonyl (C=O) groups is 1. The Morgan fingerprint density at radius 3 is 2.50 bits per heavy atom. The lowest BCUT2D eigenvalue weighted by Crippen LogP contribution is -2.24. The molecule has 146 valence electrons. The van der Waals surface area contributed by atoms with Crippen LogP contribution in [0.5, 0.6) is 11.5 Å². The number of benzene rings is 2. The number of amides is 1. The summed E-state index contributed by atoms with van der Waals surface area (Å²) in [5.74, 6) is 7.78. The molecule has 28 heavy (non-hydrogen) atoms. The molecule has 0 unspecified atom stereocenters. The van der Waals surface area contributed by atoms with Crippen molar-refractivity contribution >= 4 is 23.4 Å². The minimum atomic E-state index is -0.444. The first-order valence-electron chi connectivity index (χ1n) is 8.49. The van der Waals surface area contributed by atoms with Crippen molar-refractivity contribution in [2.75, 3.05) is 25.4 Å². The third kappa shape index (κ3) is 4.20. The molecular formula is C19H21N5O3S. The van der Waals surface area contributed by atoms with Crippen LogP contribution in [0.1, 0.15) is 6.92 Å². The van der Waals surface area contributed by atoms with Crippen LogP contribution in [0.15, 0.2) is 53.7 Å². The molecular weight excluding hydrogens is 378 g/mol. The molecule has 0 aliphatic carbocycles. The Morgan fingerprint density at radius 1 is 1.11 bits per heavy atom. The minimum Gasteiger partial charge on any atom is -0.497 e. The van der Waals surface area contributed by atoms with E-state index in [1.54, 1.807) is 33.3 Å². The van der Waals surface area contributed by atoms with Crippen LogP contribution in [0.3, 0.4) is 0 Å². The normalized spacial score (nSPS) is 11.7. The van der Waals surface area contributed by atoms with Gasteiger partial charge in [-0.3, -0.25) is 4.79 Å². The molecule has 0 saturated heterocycles. The summed E-state index contributed by atoms with van der Waals surface area (Å²) in [5.41, 5.74) is 1.41. The molecule has 0 aliphatic heterocycles. The quantitative estimate of drug-likeness (QED) is 0.465. The zero-order chi connectivity index (χ0) is 20.1. The van der Waals surface area contributed by atoms with Gasteiger partial charge in [0.15, 0.2) is 5.82 Å². The largest absolute Gasteiger partial charge is 0.497 e. The van der Waals surface area contributed by atoms with Crippen LogP contribution in [0.4, 0.5) is 5.69 Å². The van der Waals surface area contributed by atoms with Crippen molar-refractivity contribution in [1.29, 1.82) is 0 Å². The van der Waals surface area contributed by atoms with E-state index in [9.17, 15) is 4.79 Å². The molecule has 1 aromatic heterocycles. The second kappa shape index (κ2) is 8.66. The maximum absolute atomic E-state index is 12.5. The van der Waals surface area contributed by atoms with Crippen LogP contribution in [-0.2, 0) is 4.79 Å². The van der Waals surface area contributed by atoms with Gasteiger partial charge in [-0.1, -0.05) is 23.9 Å². The van der Waals surface area contributed by atoms with Crippen molar-refractivity contribution in [2.24, 2.45) is 0 Å². The topological polar surface area (TPSA) is 104 Å². The van der Waals surface area contributed by atoms with Gasteiger partial charge in [0, 0.05) is 5.56 Å². The van der Waals surface area contributed by atoms with E-state index in [1.165, 1.54) is 16.4 Å². The first-order chi connectivity index (χ1) is 13.5. The monoisotopic (exact) mass is 399 g/mol. The molecule has 1 amide bonds. The van der Waals surface area contributed by atoms with Gasteiger partial charge in [0.05, 0.1) is 25.2 Å². The van der Waals surface area contributed by atoms with Gasteiger partial charge in [-0.15, -0.1) is 10.2 Å². The highest BCUT2D eigenvalue weighted by molar-refractivity contribution is 8.00. The fourth-order valence-corrected chi connectivity index (χ4v) is 3.26. The smallest absolute Gasteiger partial charge is 0.237 e. The number of para-hydroxylation sites is 2. The standard InChI is InChI=1S/C19H21N5O3S/c1-12(18(25)21-15-6-4-5-7-16(15)27-3)28-19-23-22-17(24(19)20)13-8-10-14(26-2)11-9-13/h4-12H,20H2,1-3H3,(H,21,25)/t12-/m1/s1. The number of thioether (sulfide) groups is 1. The zero-order valence-electron chi connectivity index (χ0n) is 15.7. The molecule has 0 bridgehead atoms. The number of nitrogens with two attached hydrogens (primary N) is 1. The van der Waals surface area contributed by atoms with Crippen molar-refractivity contribution in [2.45, 2.75) is 17.3 Å². The van der Waals surface area contributed by atoms with Gasteiger partial charge in [0.25, 0.3) is 0 Å². The van der Waals surface area contributed by atoms with Gasteiger partial charge in [-0.05, 0) is 43.3 Å². The maximum atomic E-state index is 12.5. The predicted molar refractivity (Wildman–Crippen MR) is 109 cm³/mol. The molecule has 9 heteroatoms. The van der Waals surface area contributed by atoms with E-state index < -0.39 is 5.25 Å². The Labute approximate surface area is 167 Å². The maximum Gasteiger partial charge on any atom is 0.237 e. The SMILES string of the molecule is COc1ccc(-c2nnc(S[C@H](C)C(=O)Nc3ccccc3OC)n2N)cc1. The molecule has 1 heterocycles. The summed E-state index contributed by atoms with van der Waals surface area (Å²) in [5, 5.41) is 11.1. The summed E-state index contributed by atoms with van der Waals surface area (Å²) in [6.45, 7) is 1.77. The second-order valence-corrected chi connectivity index (χ2v) is 7.16. The van der Waals surface area contributed by atoms with Gasteiger partial charge in [0.1, 0.15) is 11.5 Å². The number of rotatable bonds is 7. The van der Waals surface area contributed by atoms with Crippen molar-refractivity contribution < 1.29 is 14.3 Å². The van der Waals surface area contributed by atoms with Crippen LogP contribution in [0.2, 0.25) is 0 Å². The molecule has 0 saturated carbocycles. The molecule has 3 aromatic rings. The molecule has 2 aromatic carbocycles. The van der Waals surface area contributed by atoms with Gasteiger partial charge >= 0.3 is 0 Å². The van der Waals surface area contributed by atoms with Crippen LogP contribution in [-0.4, -0.2) is 40.3 Å². The molecule has 0 spiro atoms. The Hall–Kier alpha value is -3.20. The second-order valence-electron chi connectivity index (χ2n) is 5.85. The lowest BCUT2D eigenvalue weighted by Gasteiger charge is -2.13. The fraction of sp³-hybridized carbons (Fsp3) is 0.211. The Bertz CT molecular complexity index is 958.